The zero-order chi connectivity index (χ0) is 11.8. The second kappa shape index (κ2) is 4.46. The van der Waals surface area contributed by atoms with Crippen molar-refractivity contribution < 1.29 is 9.15 Å². The van der Waals surface area contributed by atoms with E-state index in [0.29, 0.717) is 12.2 Å². The van der Waals surface area contributed by atoms with E-state index in [1.807, 2.05) is 13.0 Å². The van der Waals surface area contributed by atoms with Gasteiger partial charge in [0.05, 0.1) is 18.8 Å². The molecule has 0 unspecified atom stereocenters. The van der Waals surface area contributed by atoms with Crippen molar-refractivity contribution in [2.45, 2.75) is 45.4 Å². The third kappa shape index (κ3) is 2.40. The van der Waals surface area contributed by atoms with Crippen molar-refractivity contribution in [1.29, 1.82) is 0 Å². The van der Waals surface area contributed by atoms with Gasteiger partial charge >= 0.3 is 0 Å². The van der Waals surface area contributed by atoms with E-state index >= 15 is 0 Å². The Kier molecular flexibility index (Phi) is 2.97. The number of piperidine rings is 1. The summed E-state index contributed by atoms with van der Waals surface area (Å²) in [7, 11) is 0. The number of furan rings is 1. The molecule has 2 saturated heterocycles. The van der Waals surface area contributed by atoms with E-state index in [2.05, 4.69) is 17.9 Å². The van der Waals surface area contributed by atoms with Crippen molar-refractivity contribution in [3.8, 4) is 0 Å². The van der Waals surface area contributed by atoms with Crippen molar-refractivity contribution >= 4 is 0 Å². The predicted octanol–water partition coefficient (Wildman–Crippen LogP) is 2.59. The Labute approximate surface area is 103 Å². The summed E-state index contributed by atoms with van der Waals surface area (Å²) in [6, 6.07) is 4.12. The smallest absolute Gasteiger partial charge is 0.118 e. The van der Waals surface area contributed by atoms with Crippen LogP contribution in [0.15, 0.2) is 16.5 Å². The SMILES string of the molecule is Cc1ccc(CN2CC[C@H]3C[C@H](C)O[C@@H]3C2)o1. The van der Waals surface area contributed by atoms with Crippen LogP contribution in [0.25, 0.3) is 0 Å². The first-order valence-electron chi connectivity index (χ1n) is 6.64. The molecule has 0 spiro atoms. The first-order chi connectivity index (χ1) is 8.20. The average molecular weight is 235 g/mol. The molecule has 3 rings (SSSR count). The Morgan fingerprint density at radius 3 is 3.06 bits per heavy atom. The first-order valence-corrected chi connectivity index (χ1v) is 6.64. The zero-order valence-corrected chi connectivity index (χ0v) is 10.7. The van der Waals surface area contributed by atoms with Crippen LogP contribution in [0, 0.1) is 12.8 Å². The van der Waals surface area contributed by atoms with Crippen LogP contribution in [0.5, 0.6) is 0 Å². The number of rotatable bonds is 2. The Morgan fingerprint density at radius 2 is 2.29 bits per heavy atom. The van der Waals surface area contributed by atoms with Crippen molar-refractivity contribution in [2.24, 2.45) is 5.92 Å². The number of likely N-dealkylation sites (tertiary alicyclic amines) is 1. The molecule has 3 atom stereocenters. The molecule has 17 heavy (non-hydrogen) atoms. The van der Waals surface area contributed by atoms with E-state index in [9.17, 15) is 0 Å². The Balaban J connectivity index is 1.59. The molecular formula is C14H21NO2. The van der Waals surface area contributed by atoms with Gasteiger partial charge in [-0.1, -0.05) is 0 Å². The van der Waals surface area contributed by atoms with Crippen LogP contribution in [-0.4, -0.2) is 30.2 Å². The minimum Gasteiger partial charge on any atom is -0.465 e. The standard InChI is InChI=1S/C14H21NO2/c1-10-3-4-13(16-10)8-15-6-5-12-7-11(2)17-14(12)9-15/h3-4,11-12,14H,5-9H2,1-2H3/t11-,12-,14+/m0/s1. The van der Waals surface area contributed by atoms with E-state index < -0.39 is 0 Å². The van der Waals surface area contributed by atoms with Gasteiger partial charge in [-0.25, -0.2) is 0 Å². The van der Waals surface area contributed by atoms with Crippen LogP contribution >= 0.6 is 0 Å². The third-order valence-corrected chi connectivity index (χ3v) is 4.00. The minimum atomic E-state index is 0.454. The molecule has 2 aliphatic rings. The highest BCUT2D eigenvalue weighted by Crippen LogP contribution is 2.33. The Morgan fingerprint density at radius 1 is 1.41 bits per heavy atom. The van der Waals surface area contributed by atoms with Crippen LogP contribution in [-0.2, 0) is 11.3 Å². The number of ether oxygens (including phenoxy) is 1. The van der Waals surface area contributed by atoms with E-state index in [4.69, 9.17) is 9.15 Å². The number of nitrogens with zero attached hydrogens (tertiary/aromatic N) is 1. The van der Waals surface area contributed by atoms with Gasteiger partial charge in [0.15, 0.2) is 0 Å². The lowest BCUT2D eigenvalue weighted by molar-refractivity contribution is -0.00429. The fraction of sp³-hybridized carbons (Fsp3) is 0.714. The largest absolute Gasteiger partial charge is 0.465 e. The van der Waals surface area contributed by atoms with Crippen molar-refractivity contribution in [3.05, 3.63) is 23.7 Å². The maximum atomic E-state index is 5.97. The Hall–Kier alpha value is -0.800. The van der Waals surface area contributed by atoms with Crippen molar-refractivity contribution in [1.82, 2.24) is 4.90 Å². The molecule has 0 N–H and O–H groups in total. The molecule has 2 fully saturated rings. The molecule has 0 amide bonds. The summed E-state index contributed by atoms with van der Waals surface area (Å²) in [6.45, 7) is 7.36. The summed E-state index contributed by atoms with van der Waals surface area (Å²) >= 11 is 0. The molecule has 1 aromatic rings. The van der Waals surface area contributed by atoms with Gasteiger partial charge < -0.3 is 9.15 Å². The molecule has 0 aliphatic carbocycles. The van der Waals surface area contributed by atoms with Crippen LogP contribution in [0.3, 0.4) is 0 Å². The molecule has 0 aromatic carbocycles. The summed E-state index contributed by atoms with van der Waals surface area (Å²) in [5.41, 5.74) is 0. The lowest BCUT2D eigenvalue weighted by atomic mass is 9.92. The fourth-order valence-electron chi connectivity index (χ4n) is 3.17. The summed E-state index contributed by atoms with van der Waals surface area (Å²) < 4.78 is 11.6. The van der Waals surface area contributed by atoms with Gasteiger partial charge in [-0.3, -0.25) is 4.90 Å². The lowest BCUT2D eigenvalue weighted by Crippen LogP contribution is -2.41. The van der Waals surface area contributed by atoms with Crippen molar-refractivity contribution in [3.63, 3.8) is 0 Å². The molecule has 3 heteroatoms. The molecule has 1 aromatic heterocycles. The third-order valence-electron chi connectivity index (χ3n) is 4.00. The van der Waals surface area contributed by atoms with Gasteiger partial charge in [-0.2, -0.15) is 0 Å². The molecule has 0 bridgehead atoms. The normalized spacial score (nSPS) is 33.9. The molecule has 3 heterocycles. The van der Waals surface area contributed by atoms with E-state index in [1.54, 1.807) is 0 Å². The number of fused-ring (bicyclic) bond motifs is 1. The average Bonchev–Trinajstić information content (AvgIpc) is 2.83. The highest BCUT2D eigenvalue weighted by atomic mass is 16.5. The van der Waals surface area contributed by atoms with Crippen LogP contribution < -0.4 is 0 Å². The van der Waals surface area contributed by atoms with E-state index in [1.165, 1.54) is 19.4 Å². The Bertz CT molecular complexity index is 387. The second-order valence-electron chi connectivity index (χ2n) is 5.52. The maximum Gasteiger partial charge on any atom is 0.118 e. The van der Waals surface area contributed by atoms with Crippen LogP contribution in [0.1, 0.15) is 31.3 Å². The van der Waals surface area contributed by atoms with Gasteiger partial charge in [-0.15, -0.1) is 0 Å². The first kappa shape index (κ1) is 11.3. The van der Waals surface area contributed by atoms with Gasteiger partial charge in [0.2, 0.25) is 0 Å². The van der Waals surface area contributed by atoms with Gasteiger partial charge in [0.25, 0.3) is 0 Å². The van der Waals surface area contributed by atoms with E-state index in [0.717, 1.165) is 30.5 Å². The summed E-state index contributed by atoms with van der Waals surface area (Å²) in [5.74, 6) is 2.87. The summed E-state index contributed by atoms with van der Waals surface area (Å²) in [5, 5.41) is 0. The van der Waals surface area contributed by atoms with Crippen LogP contribution in [0.4, 0.5) is 0 Å². The molecule has 94 valence electrons. The van der Waals surface area contributed by atoms with E-state index in [-0.39, 0.29) is 0 Å². The van der Waals surface area contributed by atoms with Gasteiger partial charge in [-0.05, 0) is 51.3 Å². The minimum absolute atomic E-state index is 0.454. The van der Waals surface area contributed by atoms with Crippen molar-refractivity contribution in [2.75, 3.05) is 13.1 Å². The highest BCUT2D eigenvalue weighted by Gasteiger charge is 2.37. The number of hydrogen-bond acceptors (Lipinski definition) is 3. The van der Waals surface area contributed by atoms with Gasteiger partial charge in [0.1, 0.15) is 11.5 Å². The zero-order valence-electron chi connectivity index (χ0n) is 10.7. The number of hydrogen-bond donors (Lipinski definition) is 0. The number of aryl methyl sites for hydroxylation is 1. The molecule has 3 nitrogen and oxygen atoms in total. The lowest BCUT2D eigenvalue weighted by Gasteiger charge is -2.33. The monoisotopic (exact) mass is 235 g/mol. The molecule has 0 saturated carbocycles. The summed E-state index contributed by atoms with van der Waals surface area (Å²) in [4.78, 5) is 2.46. The molecule has 2 aliphatic heterocycles. The maximum absolute atomic E-state index is 5.97. The van der Waals surface area contributed by atoms with Gasteiger partial charge in [0, 0.05) is 6.54 Å². The quantitative estimate of drug-likeness (QED) is 0.788. The van der Waals surface area contributed by atoms with Crippen LogP contribution in [0.2, 0.25) is 0 Å². The molecular weight excluding hydrogens is 214 g/mol. The predicted molar refractivity (Wildman–Crippen MR) is 65.8 cm³/mol. The molecule has 0 radical (unpaired) electrons. The fourth-order valence-corrected chi connectivity index (χ4v) is 3.17. The highest BCUT2D eigenvalue weighted by molar-refractivity contribution is 5.05. The second-order valence-corrected chi connectivity index (χ2v) is 5.52. The summed E-state index contributed by atoms with van der Waals surface area (Å²) in [6.07, 6.45) is 3.43. The topological polar surface area (TPSA) is 25.6 Å².